The quantitative estimate of drug-likeness (QED) is 0.507. The number of nitrogen functional groups attached to an aromatic ring is 1. The van der Waals surface area contributed by atoms with E-state index >= 15 is 0 Å². The van der Waals surface area contributed by atoms with Gasteiger partial charge in [-0.2, -0.15) is 0 Å². The van der Waals surface area contributed by atoms with Crippen molar-refractivity contribution in [2.45, 2.75) is 27.2 Å². The monoisotopic (exact) mass is 166 g/mol. The number of hydrogen-bond acceptors (Lipinski definition) is 4. The van der Waals surface area contributed by atoms with Gasteiger partial charge in [0.2, 0.25) is 0 Å². The van der Waals surface area contributed by atoms with Gasteiger partial charge in [-0.1, -0.05) is 6.92 Å². The van der Waals surface area contributed by atoms with Gasteiger partial charge in [-0.05, 0) is 20.3 Å². The molecule has 0 unspecified atom stereocenters. The summed E-state index contributed by atoms with van der Waals surface area (Å²) in [5, 5.41) is 0. The van der Waals surface area contributed by atoms with Crippen LogP contribution in [0.2, 0.25) is 0 Å². The summed E-state index contributed by atoms with van der Waals surface area (Å²) in [6.45, 7) is 5.89. The Morgan fingerprint density at radius 1 is 1.33 bits per heavy atom. The van der Waals surface area contributed by atoms with Crippen molar-refractivity contribution in [3.05, 3.63) is 17.1 Å². The summed E-state index contributed by atoms with van der Waals surface area (Å²) < 4.78 is 0. The van der Waals surface area contributed by atoms with Crippen LogP contribution in [-0.4, -0.2) is 9.97 Å². The second kappa shape index (κ2) is 3.49. The average molecular weight is 166 g/mol. The molecule has 0 aliphatic carbocycles. The lowest BCUT2D eigenvalue weighted by Crippen LogP contribution is -2.13. The van der Waals surface area contributed by atoms with Gasteiger partial charge < -0.3 is 5.43 Å². The van der Waals surface area contributed by atoms with E-state index < -0.39 is 0 Å². The van der Waals surface area contributed by atoms with Gasteiger partial charge in [-0.25, -0.2) is 15.8 Å². The molecular formula is C8H14N4. The molecule has 0 saturated heterocycles. The maximum absolute atomic E-state index is 5.30. The van der Waals surface area contributed by atoms with Crippen molar-refractivity contribution in [2.75, 3.05) is 5.43 Å². The van der Waals surface area contributed by atoms with Gasteiger partial charge in [-0.3, -0.25) is 0 Å². The van der Waals surface area contributed by atoms with Crippen LogP contribution in [0.25, 0.3) is 0 Å². The first kappa shape index (κ1) is 8.93. The Balaban J connectivity index is 3.22. The van der Waals surface area contributed by atoms with Crippen LogP contribution in [0.3, 0.4) is 0 Å². The van der Waals surface area contributed by atoms with E-state index in [0.29, 0.717) is 0 Å². The minimum absolute atomic E-state index is 0.722. The van der Waals surface area contributed by atoms with Crippen LogP contribution in [0.1, 0.15) is 24.0 Å². The van der Waals surface area contributed by atoms with Crippen LogP contribution in [0.5, 0.6) is 0 Å². The number of nitrogens with zero attached hydrogens (tertiary/aromatic N) is 2. The minimum Gasteiger partial charge on any atom is -0.308 e. The summed E-state index contributed by atoms with van der Waals surface area (Å²) in [5.41, 5.74) is 4.64. The SMILES string of the molecule is CCc1nc(C)nc(NN)c1C. The first-order chi connectivity index (χ1) is 5.69. The molecule has 0 fully saturated rings. The van der Waals surface area contributed by atoms with Gasteiger partial charge in [0.15, 0.2) is 0 Å². The molecule has 0 atom stereocenters. The third-order valence-electron chi connectivity index (χ3n) is 1.83. The normalized spacial score (nSPS) is 10.0. The predicted octanol–water partition coefficient (Wildman–Crippen LogP) is 0.941. The number of aryl methyl sites for hydroxylation is 2. The summed E-state index contributed by atoms with van der Waals surface area (Å²) >= 11 is 0. The molecular weight excluding hydrogens is 152 g/mol. The molecule has 12 heavy (non-hydrogen) atoms. The molecule has 0 spiro atoms. The highest BCUT2D eigenvalue weighted by Crippen LogP contribution is 2.14. The molecule has 4 heteroatoms. The second-order valence-electron chi connectivity index (χ2n) is 2.69. The van der Waals surface area contributed by atoms with Crippen LogP contribution in [-0.2, 0) is 6.42 Å². The van der Waals surface area contributed by atoms with Gasteiger partial charge in [-0.15, -0.1) is 0 Å². The molecule has 66 valence electrons. The number of hydrazine groups is 1. The molecule has 0 amide bonds. The van der Waals surface area contributed by atoms with Crippen molar-refractivity contribution in [1.29, 1.82) is 0 Å². The lowest BCUT2D eigenvalue weighted by molar-refractivity contribution is 0.924. The predicted molar refractivity (Wildman–Crippen MR) is 48.7 cm³/mol. The minimum atomic E-state index is 0.722. The number of hydrogen-bond donors (Lipinski definition) is 2. The number of aromatic nitrogens is 2. The highest BCUT2D eigenvalue weighted by atomic mass is 15.3. The zero-order valence-electron chi connectivity index (χ0n) is 7.68. The number of nitrogens with one attached hydrogen (secondary N) is 1. The smallest absolute Gasteiger partial charge is 0.146 e. The first-order valence-electron chi connectivity index (χ1n) is 3.99. The number of anilines is 1. The van der Waals surface area contributed by atoms with E-state index in [1.165, 1.54) is 0 Å². The Morgan fingerprint density at radius 2 is 2.00 bits per heavy atom. The molecule has 0 saturated carbocycles. The maximum atomic E-state index is 5.30. The van der Waals surface area contributed by atoms with E-state index in [1.54, 1.807) is 0 Å². The Kier molecular flexibility index (Phi) is 2.60. The molecule has 0 radical (unpaired) electrons. The first-order valence-corrected chi connectivity index (χ1v) is 3.99. The summed E-state index contributed by atoms with van der Waals surface area (Å²) in [5.74, 6) is 6.78. The number of rotatable bonds is 2. The van der Waals surface area contributed by atoms with Gasteiger partial charge in [0.1, 0.15) is 11.6 Å². The average Bonchev–Trinajstić information content (AvgIpc) is 2.08. The van der Waals surface area contributed by atoms with Gasteiger partial charge in [0.25, 0.3) is 0 Å². The van der Waals surface area contributed by atoms with Crippen molar-refractivity contribution in [3.8, 4) is 0 Å². The van der Waals surface area contributed by atoms with Gasteiger partial charge in [0, 0.05) is 11.3 Å². The summed E-state index contributed by atoms with van der Waals surface area (Å²) in [7, 11) is 0. The Morgan fingerprint density at radius 3 is 2.50 bits per heavy atom. The molecule has 4 nitrogen and oxygen atoms in total. The van der Waals surface area contributed by atoms with E-state index in [0.717, 1.165) is 29.3 Å². The summed E-state index contributed by atoms with van der Waals surface area (Å²) in [6.07, 6.45) is 0.907. The highest BCUT2D eigenvalue weighted by molar-refractivity contribution is 5.44. The fraction of sp³-hybridized carbons (Fsp3) is 0.500. The van der Waals surface area contributed by atoms with Crippen molar-refractivity contribution >= 4 is 5.82 Å². The van der Waals surface area contributed by atoms with Gasteiger partial charge in [0.05, 0.1) is 0 Å². The maximum Gasteiger partial charge on any atom is 0.146 e. The zero-order chi connectivity index (χ0) is 9.14. The standard InChI is InChI=1S/C8H14N4/c1-4-7-5(2)8(12-9)11-6(3)10-7/h4,9H2,1-3H3,(H,10,11,12). The van der Waals surface area contributed by atoms with E-state index in [2.05, 4.69) is 22.3 Å². The van der Waals surface area contributed by atoms with Crippen LogP contribution in [0.15, 0.2) is 0 Å². The highest BCUT2D eigenvalue weighted by Gasteiger charge is 2.05. The van der Waals surface area contributed by atoms with Crippen LogP contribution >= 0.6 is 0 Å². The fourth-order valence-corrected chi connectivity index (χ4v) is 1.17. The molecule has 0 bridgehead atoms. The molecule has 3 N–H and O–H groups in total. The van der Waals surface area contributed by atoms with Crippen LogP contribution < -0.4 is 11.3 Å². The van der Waals surface area contributed by atoms with E-state index in [9.17, 15) is 0 Å². The summed E-state index contributed by atoms with van der Waals surface area (Å²) in [6, 6.07) is 0. The molecule has 0 aliphatic heterocycles. The topological polar surface area (TPSA) is 63.8 Å². The van der Waals surface area contributed by atoms with Crippen molar-refractivity contribution in [2.24, 2.45) is 5.84 Å². The van der Waals surface area contributed by atoms with Crippen LogP contribution in [0, 0.1) is 13.8 Å². The lowest BCUT2D eigenvalue weighted by Gasteiger charge is -2.08. The Hall–Kier alpha value is -1.16. The fourth-order valence-electron chi connectivity index (χ4n) is 1.17. The van der Waals surface area contributed by atoms with E-state index in [4.69, 9.17) is 5.84 Å². The van der Waals surface area contributed by atoms with E-state index in [1.807, 2.05) is 13.8 Å². The molecule has 1 aromatic rings. The van der Waals surface area contributed by atoms with E-state index in [-0.39, 0.29) is 0 Å². The van der Waals surface area contributed by atoms with Gasteiger partial charge >= 0.3 is 0 Å². The Labute approximate surface area is 72.2 Å². The third-order valence-corrected chi connectivity index (χ3v) is 1.83. The van der Waals surface area contributed by atoms with Crippen LogP contribution in [0.4, 0.5) is 5.82 Å². The number of nitrogens with two attached hydrogens (primary N) is 1. The Bertz CT molecular complexity index is 257. The molecule has 0 aliphatic rings. The lowest BCUT2D eigenvalue weighted by atomic mass is 10.2. The van der Waals surface area contributed by atoms with Crippen molar-refractivity contribution in [3.63, 3.8) is 0 Å². The zero-order valence-corrected chi connectivity index (χ0v) is 7.68. The molecule has 1 rings (SSSR count). The molecule has 1 heterocycles. The van der Waals surface area contributed by atoms with Crippen molar-refractivity contribution < 1.29 is 0 Å². The summed E-state index contributed by atoms with van der Waals surface area (Å²) in [4.78, 5) is 8.45. The largest absolute Gasteiger partial charge is 0.308 e. The third kappa shape index (κ3) is 1.53. The van der Waals surface area contributed by atoms with Crippen molar-refractivity contribution in [1.82, 2.24) is 9.97 Å². The molecule has 1 aromatic heterocycles. The second-order valence-corrected chi connectivity index (χ2v) is 2.69. The molecule has 0 aromatic carbocycles.